The zero-order valence-corrected chi connectivity index (χ0v) is 10.5. The number of aliphatic hydroxyl groups excluding tert-OH is 1. The van der Waals surface area contributed by atoms with Gasteiger partial charge < -0.3 is 9.84 Å². The van der Waals surface area contributed by atoms with Gasteiger partial charge in [-0.25, -0.2) is 0 Å². The van der Waals surface area contributed by atoms with Crippen LogP contribution in [0.25, 0.3) is 0 Å². The van der Waals surface area contributed by atoms with Crippen LogP contribution in [-0.2, 0) is 6.42 Å². The zero-order valence-electron chi connectivity index (χ0n) is 10.5. The maximum Gasteiger partial charge on any atom is 0.122 e. The minimum Gasteiger partial charge on any atom is -0.493 e. The predicted octanol–water partition coefficient (Wildman–Crippen LogP) is 3.10. The molecule has 2 heteroatoms. The van der Waals surface area contributed by atoms with Gasteiger partial charge in [-0.2, -0.15) is 0 Å². The number of aryl methyl sites for hydroxylation is 1. The summed E-state index contributed by atoms with van der Waals surface area (Å²) in [6.07, 6.45) is 2.54. The second-order valence-electron chi connectivity index (χ2n) is 4.37. The fraction of sp³-hybridized carbons (Fsp3) is 0.571. The highest BCUT2D eigenvalue weighted by Crippen LogP contribution is 2.22. The molecule has 1 atom stereocenters. The van der Waals surface area contributed by atoms with Crippen LogP contribution in [0.1, 0.15) is 37.8 Å². The van der Waals surface area contributed by atoms with Crippen LogP contribution >= 0.6 is 0 Å². The molecular formula is C14H22O2. The highest BCUT2D eigenvalue weighted by atomic mass is 16.5. The Bertz CT molecular complexity index is 319. The van der Waals surface area contributed by atoms with E-state index in [9.17, 15) is 5.11 Å². The zero-order chi connectivity index (χ0) is 12.0. The molecule has 1 aromatic carbocycles. The van der Waals surface area contributed by atoms with E-state index in [0.717, 1.165) is 30.8 Å². The summed E-state index contributed by atoms with van der Waals surface area (Å²) in [5, 5.41) is 9.44. The maximum absolute atomic E-state index is 9.44. The molecule has 0 aromatic heterocycles. The molecule has 90 valence electrons. The van der Waals surface area contributed by atoms with Crippen LogP contribution in [0, 0.1) is 6.92 Å². The summed E-state index contributed by atoms with van der Waals surface area (Å²) in [4.78, 5) is 0. The molecule has 1 rings (SSSR count). The third kappa shape index (κ3) is 4.23. The number of hydrogen-bond donors (Lipinski definition) is 1. The molecule has 0 saturated heterocycles. The number of unbranched alkanes of at least 4 members (excludes halogenated alkanes) is 1. The van der Waals surface area contributed by atoms with Crippen molar-refractivity contribution in [3.63, 3.8) is 0 Å². The summed E-state index contributed by atoms with van der Waals surface area (Å²) in [5.74, 6) is 0.917. The fourth-order valence-corrected chi connectivity index (χ4v) is 1.65. The lowest BCUT2D eigenvalue weighted by atomic mass is 10.0. The van der Waals surface area contributed by atoms with Crippen LogP contribution in [-0.4, -0.2) is 17.8 Å². The van der Waals surface area contributed by atoms with Crippen molar-refractivity contribution in [1.29, 1.82) is 0 Å². The van der Waals surface area contributed by atoms with Gasteiger partial charge in [0, 0.05) is 6.42 Å². The molecule has 0 aliphatic carbocycles. The molecule has 0 unspecified atom stereocenters. The van der Waals surface area contributed by atoms with Gasteiger partial charge in [0.15, 0.2) is 0 Å². The van der Waals surface area contributed by atoms with Gasteiger partial charge in [-0.05, 0) is 31.9 Å². The lowest BCUT2D eigenvalue weighted by Gasteiger charge is -2.13. The summed E-state index contributed by atoms with van der Waals surface area (Å²) >= 11 is 0. The van der Waals surface area contributed by atoms with Crippen molar-refractivity contribution >= 4 is 0 Å². The van der Waals surface area contributed by atoms with Crippen LogP contribution in [0.4, 0.5) is 0 Å². The number of benzene rings is 1. The van der Waals surface area contributed by atoms with Crippen molar-refractivity contribution in [1.82, 2.24) is 0 Å². The molecule has 0 aliphatic rings. The standard InChI is InChI=1S/C14H22O2/c1-4-5-8-16-14-7-6-11(2)9-13(14)10-12(3)15/h6-7,9,12,15H,4-5,8,10H2,1-3H3/t12-/m0/s1. The molecule has 0 amide bonds. The largest absolute Gasteiger partial charge is 0.493 e. The molecule has 16 heavy (non-hydrogen) atoms. The first-order valence-electron chi connectivity index (χ1n) is 6.04. The van der Waals surface area contributed by atoms with Crippen molar-refractivity contribution in [3.8, 4) is 5.75 Å². The van der Waals surface area contributed by atoms with Crippen LogP contribution < -0.4 is 4.74 Å². The second kappa shape index (κ2) is 6.54. The van der Waals surface area contributed by atoms with E-state index in [1.165, 1.54) is 5.56 Å². The van der Waals surface area contributed by atoms with Gasteiger partial charge >= 0.3 is 0 Å². The second-order valence-corrected chi connectivity index (χ2v) is 4.37. The van der Waals surface area contributed by atoms with E-state index in [1.807, 2.05) is 12.1 Å². The number of rotatable bonds is 6. The van der Waals surface area contributed by atoms with Gasteiger partial charge in [-0.3, -0.25) is 0 Å². The van der Waals surface area contributed by atoms with Crippen LogP contribution in [0.3, 0.4) is 0 Å². The summed E-state index contributed by atoms with van der Waals surface area (Å²) < 4.78 is 5.72. The van der Waals surface area contributed by atoms with Crippen molar-refractivity contribution in [2.24, 2.45) is 0 Å². The van der Waals surface area contributed by atoms with Gasteiger partial charge in [0.1, 0.15) is 5.75 Å². The maximum atomic E-state index is 9.44. The molecule has 0 fully saturated rings. The number of aliphatic hydroxyl groups is 1. The lowest BCUT2D eigenvalue weighted by molar-refractivity contribution is 0.193. The quantitative estimate of drug-likeness (QED) is 0.749. The monoisotopic (exact) mass is 222 g/mol. The molecule has 0 aliphatic heterocycles. The predicted molar refractivity (Wildman–Crippen MR) is 67.0 cm³/mol. The number of ether oxygens (including phenoxy) is 1. The van der Waals surface area contributed by atoms with Crippen LogP contribution in [0.2, 0.25) is 0 Å². The Morgan fingerprint density at radius 1 is 1.38 bits per heavy atom. The lowest BCUT2D eigenvalue weighted by Crippen LogP contribution is -2.07. The average molecular weight is 222 g/mol. The van der Waals surface area contributed by atoms with Crippen molar-refractivity contribution in [2.75, 3.05) is 6.61 Å². The van der Waals surface area contributed by atoms with E-state index in [0.29, 0.717) is 6.42 Å². The first-order chi connectivity index (χ1) is 7.63. The Balaban J connectivity index is 2.72. The van der Waals surface area contributed by atoms with E-state index < -0.39 is 0 Å². The van der Waals surface area contributed by atoms with Gasteiger partial charge in [-0.15, -0.1) is 0 Å². The molecule has 1 aromatic rings. The third-order valence-corrected chi connectivity index (χ3v) is 2.49. The van der Waals surface area contributed by atoms with Gasteiger partial charge in [0.25, 0.3) is 0 Å². The summed E-state index contributed by atoms with van der Waals surface area (Å²) in [6, 6.07) is 6.14. The minimum absolute atomic E-state index is 0.324. The summed E-state index contributed by atoms with van der Waals surface area (Å²) in [6.45, 7) is 6.76. The molecule has 0 spiro atoms. The van der Waals surface area contributed by atoms with E-state index in [4.69, 9.17) is 4.74 Å². The molecular weight excluding hydrogens is 200 g/mol. The summed E-state index contributed by atoms with van der Waals surface area (Å²) in [7, 11) is 0. The van der Waals surface area contributed by atoms with Crippen molar-refractivity contribution in [3.05, 3.63) is 29.3 Å². The highest BCUT2D eigenvalue weighted by molar-refractivity contribution is 5.37. The van der Waals surface area contributed by atoms with Crippen molar-refractivity contribution in [2.45, 2.75) is 46.1 Å². The molecule has 0 heterocycles. The Kier molecular flexibility index (Phi) is 5.33. The van der Waals surface area contributed by atoms with E-state index in [1.54, 1.807) is 6.92 Å². The minimum atomic E-state index is -0.324. The molecule has 2 nitrogen and oxygen atoms in total. The first kappa shape index (κ1) is 13.0. The number of hydrogen-bond acceptors (Lipinski definition) is 2. The Hall–Kier alpha value is -1.02. The Morgan fingerprint density at radius 3 is 2.75 bits per heavy atom. The fourth-order valence-electron chi connectivity index (χ4n) is 1.65. The van der Waals surface area contributed by atoms with Crippen LogP contribution in [0.15, 0.2) is 18.2 Å². The van der Waals surface area contributed by atoms with E-state index >= 15 is 0 Å². The topological polar surface area (TPSA) is 29.5 Å². The molecule has 0 radical (unpaired) electrons. The smallest absolute Gasteiger partial charge is 0.122 e. The first-order valence-corrected chi connectivity index (χ1v) is 6.04. The third-order valence-electron chi connectivity index (χ3n) is 2.49. The summed E-state index contributed by atoms with van der Waals surface area (Å²) in [5.41, 5.74) is 2.31. The average Bonchev–Trinajstić information content (AvgIpc) is 2.20. The highest BCUT2D eigenvalue weighted by Gasteiger charge is 2.07. The molecule has 0 saturated carbocycles. The van der Waals surface area contributed by atoms with Crippen LogP contribution in [0.5, 0.6) is 5.75 Å². The normalized spacial score (nSPS) is 12.5. The Morgan fingerprint density at radius 2 is 2.12 bits per heavy atom. The van der Waals surface area contributed by atoms with E-state index in [-0.39, 0.29) is 6.10 Å². The van der Waals surface area contributed by atoms with Gasteiger partial charge in [-0.1, -0.05) is 31.0 Å². The Labute approximate surface area is 98.3 Å². The van der Waals surface area contributed by atoms with E-state index in [2.05, 4.69) is 19.9 Å². The SMILES string of the molecule is CCCCOc1ccc(C)cc1C[C@H](C)O. The molecule has 1 N–H and O–H groups in total. The van der Waals surface area contributed by atoms with Gasteiger partial charge in [0.05, 0.1) is 12.7 Å². The van der Waals surface area contributed by atoms with Crippen molar-refractivity contribution < 1.29 is 9.84 Å². The molecule has 0 bridgehead atoms. The van der Waals surface area contributed by atoms with Gasteiger partial charge in [0.2, 0.25) is 0 Å².